The maximum absolute atomic E-state index is 6.43. The van der Waals surface area contributed by atoms with Crippen LogP contribution in [-0.2, 0) is 9.31 Å². The molecule has 31 heavy (non-hydrogen) atoms. The lowest BCUT2D eigenvalue weighted by molar-refractivity contribution is 0.00578. The molecular formula is C26H28BNO3. The highest BCUT2D eigenvalue weighted by molar-refractivity contribution is 6.66. The number of hydrogen-bond donors (Lipinski definition) is 0. The average molecular weight is 413 g/mol. The topological polar surface area (TPSA) is 32.6 Å². The molecule has 0 unspecified atom stereocenters. The summed E-state index contributed by atoms with van der Waals surface area (Å²) in [6.45, 7) is 10.5. The molecule has 2 heterocycles. The number of ether oxygens (including phenoxy) is 1. The second-order valence-corrected chi connectivity index (χ2v) is 9.38. The Kier molecular flexibility index (Phi) is 4.47. The Morgan fingerprint density at radius 1 is 0.839 bits per heavy atom. The minimum absolute atomic E-state index is 0.396. The molecule has 4 aromatic rings. The molecule has 1 aliphatic rings. The molecule has 0 atom stereocenters. The first-order chi connectivity index (χ1) is 14.7. The van der Waals surface area contributed by atoms with Crippen LogP contribution < -0.4 is 10.2 Å². The number of rotatable bonds is 3. The minimum Gasteiger partial charge on any atom is -0.497 e. The molecule has 0 amide bonds. The molecule has 5 rings (SSSR count). The standard InChI is InChI=1S/C26H28BNO3/c1-17-10-12-18(13-11-17)28-22-15-14-19(29-6)16-20(22)24-21(8-7-9-23(24)28)27-30-25(2,3)26(4,5)31-27/h7-16H,1-6H3. The quantitative estimate of drug-likeness (QED) is 0.422. The van der Waals surface area contributed by atoms with Crippen LogP contribution in [0.15, 0.2) is 60.7 Å². The van der Waals surface area contributed by atoms with Gasteiger partial charge in [-0.25, -0.2) is 0 Å². The zero-order valence-electron chi connectivity index (χ0n) is 19.0. The molecule has 0 spiro atoms. The molecule has 3 aromatic carbocycles. The summed E-state index contributed by atoms with van der Waals surface area (Å²) in [5, 5.41) is 2.26. The highest BCUT2D eigenvalue weighted by Gasteiger charge is 2.52. The number of hydrogen-bond acceptors (Lipinski definition) is 3. The summed E-state index contributed by atoms with van der Waals surface area (Å²) in [6.07, 6.45) is 0. The molecule has 0 aliphatic carbocycles. The fraction of sp³-hybridized carbons (Fsp3) is 0.308. The number of methoxy groups -OCH3 is 1. The van der Waals surface area contributed by atoms with Crippen LogP contribution in [0.3, 0.4) is 0 Å². The predicted octanol–water partition coefficient (Wildman–Crippen LogP) is 5.40. The maximum atomic E-state index is 6.43. The van der Waals surface area contributed by atoms with Gasteiger partial charge in [-0.15, -0.1) is 0 Å². The Hall–Kier alpha value is -2.76. The zero-order valence-corrected chi connectivity index (χ0v) is 19.0. The number of fused-ring (bicyclic) bond motifs is 3. The van der Waals surface area contributed by atoms with Gasteiger partial charge >= 0.3 is 7.12 Å². The van der Waals surface area contributed by atoms with Crippen LogP contribution in [0.4, 0.5) is 0 Å². The van der Waals surface area contributed by atoms with Crippen molar-refractivity contribution in [2.45, 2.75) is 45.8 Å². The molecule has 1 aromatic heterocycles. The van der Waals surface area contributed by atoms with Gasteiger partial charge in [-0.05, 0) is 76.5 Å². The first-order valence-corrected chi connectivity index (χ1v) is 10.8. The molecule has 0 N–H and O–H groups in total. The number of aromatic nitrogens is 1. The summed E-state index contributed by atoms with van der Waals surface area (Å²) in [6, 6.07) is 21.2. The number of aryl methyl sites for hydroxylation is 1. The van der Waals surface area contributed by atoms with E-state index in [-0.39, 0.29) is 0 Å². The third-order valence-corrected chi connectivity index (χ3v) is 6.83. The third kappa shape index (κ3) is 3.07. The van der Waals surface area contributed by atoms with E-state index in [0.29, 0.717) is 0 Å². The Bertz CT molecular complexity index is 1270. The van der Waals surface area contributed by atoms with Crippen molar-refractivity contribution < 1.29 is 14.0 Å². The van der Waals surface area contributed by atoms with Crippen molar-refractivity contribution in [3.63, 3.8) is 0 Å². The Morgan fingerprint density at radius 2 is 1.52 bits per heavy atom. The highest BCUT2D eigenvalue weighted by atomic mass is 16.7. The van der Waals surface area contributed by atoms with Crippen LogP contribution in [0.25, 0.3) is 27.5 Å². The number of benzene rings is 3. The van der Waals surface area contributed by atoms with Crippen molar-refractivity contribution in [1.82, 2.24) is 4.57 Å². The van der Waals surface area contributed by atoms with E-state index < -0.39 is 18.3 Å². The smallest absolute Gasteiger partial charge is 0.495 e. The van der Waals surface area contributed by atoms with Crippen LogP contribution in [0.2, 0.25) is 0 Å². The van der Waals surface area contributed by atoms with E-state index in [4.69, 9.17) is 14.0 Å². The molecule has 4 nitrogen and oxygen atoms in total. The second kappa shape index (κ2) is 6.88. The van der Waals surface area contributed by atoms with E-state index in [2.05, 4.69) is 93.8 Å². The van der Waals surface area contributed by atoms with Crippen molar-refractivity contribution in [1.29, 1.82) is 0 Å². The van der Waals surface area contributed by atoms with Gasteiger partial charge in [0.2, 0.25) is 0 Å². The van der Waals surface area contributed by atoms with Crippen molar-refractivity contribution in [2.75, 3.05) is 7.11 Å². The van der Waals surface area contributed by atoms with Crippen molar-refractivity contribution >= 4 is 34.4 Å². The summed E-state index contributed by atoms with van der Waals surface area (Å²) in [5.74, 6) is 0.833. The Morgan fingerprint density at radius 3 is 2.16 bits per heavy atom. The van der Waals surface area contributed by atoms with E-state index in [1.54, 1.807) is 7.11 Å². The van der Waals surface area contributed by atoms with Crippen LogP contribution in [0, 0.1) is 6.92 Å². The van der Waals surface area contributed by atoms with Gasteiger partial charge in [-0.3, -0.25) is 0 Å². The monoisotopic (exact) mass is 413 g/mol. The van der Waals surface area contributed by atoms with Gasteiger partial charge in [0.05, 0.1) is 29.3 Å². The lowest BCUT2D eigenvalue weighted by Gasteiger charge is -2.32. The summed E-state index contributed by atoms with van der Waals surface area (Å²) in [7, 11) is 1.27. The summed E-state index contributed by atoms with van der Waals surface area (Å²) in [4.78, 5) is 0. The van der Waals surface area contributed by atoms with E-state index >= 15 is 0 Å². The second-order valence-electron chi connectivity index (χ2n) is 9.38. The third-order valence-electron chi connectivity index (χ3n) is 6.83. The molecule has 158 valence electrons. The van der Waals surface area contributed by atoms with Crippen LogP contribution >= 0.6 is 0 Å². The van der Waals surface area contributed by atoms with Gasteiger partial charge in [-0.2, -0.15) is 0 Å². The van der Waals surface area contributed by atoms with Gasteiger partial charge in [0.15, 0.2) is 0 Å². The molecule has 1 fully saturated rings. The highest BCUT2D eigenvalue weighted by Crippen LogP contribution is 2.39. The van der Waals surface area contributed by atoms with Gasteiger partial charge < -0.3 is 18.6 Å². The van der Waals surface area contributed by atoms with Crippen LogP contribution in [0.5, 0.6) is 5.75 Å². The van der Waals surface area contributed by atoms with Crippen LogP contribution in [-0.4, -0.2) is 30.0 Å². The lowest BCUT2D eigenvalue weighted by Crippen LogP contribution is -2.41. The van der Waals surface area contributed by atoms with Gasteiger partial charge in [0, 0.05) is 16.5 Å². The van der Waals surface area contributed by atoms with Crippen molar-refractivity contribution in [2.24, 2.45) is 0 Å². The number of nitrogens with zero attached hydrogens (tertiary/aromatic N) is 1. The zero-order chi connectivity index (χ0) is 22.0. The SMILES string of the molecule is COc1ccc2c(c1)c1c(B3OC(C)(C)C(C)(C)O3)cccc1n2-c1ccc(C)cc1. The summed E-state index contributed by atoms with van der Waals surface area (Å²) < 4.78 is 20.7. The van der Waals surface area contributed by atoms with Crippen molar-refractivity contribution in [3.05, 3.63) is 66.2 Å². The minimum atomic E-state index is -0.433. The van der Waals surface area contributed by atoms with Gasteiger partial charge in [0.1, 0.15) is 5.75 Å². The van der Waals surface area contributed by atoms with E-state index in [1.807, 2.05) is 6.07 Å². The molecule has 0 radical (unpaired) electrons. The molecular weight excluding hydrogens is 385 g/mol. The van der Waals surface area contributed by atoms with E-state index in [9.17, 15) is 0 Å². The molecule has 1 saturated heterocycles. The normalized spacial score (nSPS) is 17.5. The first kappa shape index (κ1) is 20.2. The Balaban J connectivity index is 1.82. The molecule has 1 aliphatic heterocycles. The fourth-order valence-electron chi connectivity index (χ4n) is 4.34. The van der Waals surface area contributed by atoms with Gasteiger partial charge in [0.25, 0.3) is 0 Å². The first-order valence-electron chi connectivity index (χ1n) is 10.8. The largest absolute Gasteiger partial charge is 0.497 e. The summed E-state index contributed by atoms with van der Waals surface area (Å²) in [5.41, 5.74) is 4.87. The maximum Gasteiger partial charge on any atom is 0.495 e. The van der Waals surface area contributed by atoms with Gasteiger partial charge in [-0.1, -0.05) is 29.8 Å². The lowest BCUT2D eigenvalue weighted by atomic mass is 9.76. The predicted molar refractivity (Wildman–Crippen MR) is 128 cm³/mol. The van der Waals surface area contributed by atoms with E-state index in [1.165, 1.54) is 5.56 Å². The molecule has 0 bridgehead atoms. The van der Waals surface area contributed by atoms with Crippen LogP contribution in [0.1, 0.15) is 33.3 Å². The Labute approximate surface area is 183 Å². The molecule has 0 saturated carbocycles. The summed E-state index contributed by atoms with van der Waals surface area (Å²) >= 11 is 0. The molecule has 5 heteroatoms. The average Bonchev–Trinajstić information content (AvgIpc) is 3.18. The van der Waals surface area contributed by atoms with E-state index in [0.717, 1.165) is 38.7 Å². The van der Waals surface area contributed by atoms with Crippen molar-refractivity contribution in [3.8, 4) is 11.4 Å². The fourth-order valence-corrected chi connectivity index (χ4v) is 4.34.